The number of hydrogen-bond donors (Lipinski definition) is 1. The van der Waals surface area contributed by atoms with E-state index in [2.05, 4.69) is 5.32 Å². The van der Waals surface area contributed by atoms with Gasteiger partial charge >= 0.3 is 0 Å². The number of carbonyl (C=O) groups excluding carboxylic acids is 2. The maximum atomic E-state index is 13.2. The van der Waals surface area contributed by atoms with Crippen molar-refractivity contribution in [2.45, 2.75) is 19.0 Å². The van der Waals surface area contributed by atoms with Crippen LogP contribution in [0.1, 0.15) is 23.6 Å². The van der Waals surface area contributed by atoms with Crippen LogP contribution in [0.3, 0.4) is 0 Å². The number of carbonyl (C=O) groups is 2. The van der Waals surface area contributed by atoms with Crippen molar-refractivity contribution >= 4 is 11.8 Å². The minimum absolute atomic E-state index is 0.0908. The molecule has 1 fully saturated rings. The second-order valence-corrected chi connectivity index (χ2v) is 6.16. The summed E-state index contributed by atoms with van der Waals surface area (Å²) in [5.74, 6) is -1.73. The number of nitrogens with zero attached hydrogens (tertiary/aromatic N) is 1. The van der Waals surface area contributed by atoms with Crippen LogP contribution in [0.25, 0.3) is 0 Å². The van der Waals surface area contributed by atoms with E-state index in [1.165, 1.54) is 29.2 Å². The van der Waals surface area contributed by atoms with Gasteiger partial charge < -0.3 is 10.2 Å². The zero-order chi connectivity index (χ0) is 18.0. The predicted octanol–water partition coefficient (Wildman–Crippen LogP) is 2.80. The molecule has 1 saturated heterocycles. The summed E-state index contributed by atoms with van der Waals surface area (Å²) in [7, 11) is 1.64. The number of nitrogens with one attached hydrogen (secondary N) is 1. The molecule has 0 radical (unpaired) electrons. The first-order valence-corrected chi connectivity index (χ1v) is 7.99. The van der Waals surface area contributed by atoms with Gasteiger partial charge in [0.2, 0.25) is 11.8 Å². The van der Waals surface area contributed by atoms with Crippen LogP contribution in [-0.2, 0) is 16.1 Å². The van der Waals surface area contributed by atoms with Gasteiger partial charge in [-0.2, -0.15) is 0 Å². The van der Waals surface area contributed by atoms with Gasteiger partial charge in [-0.05, 0) is 35.4 Å². The maximum absolute atomic E-state index is 13.2. The van der Waals surface area contributed by atoms with Crippen molar-refractivity contribution in [2.24, 2.45) is 5.92 Å². The normalized spacial score (nSPS) is 20.0. The first-order valence-electron chi connectivity index (χ1n) is 7.99. The van der Waals surface area contributed by atoms with E-state index in [-0.39, 0.29) is 36.4 Å². The van der Waals surface area contributed by atoms with Crippen molar-refractivity contribution in [3.63, 3.8) is 0 Å². The molecule has 0 unspecified atom stereocenters. The lowest BCUT2D eigenvalue weighted by atomic mass is 9.93. The minimum atomic E-state index is -0.573. The molecular weight excluding hydrogens is 326 g/mol. The third-order valence-electron chi connectivity index (χ3n) is 4.49. The van der Waals surface area contributed by atoms with Crippen LogP contribution < -0.4 is 5.32 Å². The van der Waals surface area contributed by atoms with Crippen LogP contribution in [0.5, 0.6) is 0 Å². The molecule has 25 heavy (non-hydrogen) atoms. The number of benzene rings is 2. The zero-order valence-electron chi connectivity index (χ0n) is 13.7. The lowest BCUT2D eigenvalue weighted by Gasteiger charge is -2.25. The fourth-order valence-electron chi connectivity index (χ4n) is 3.19. The quantitative estimate of drug-likeness (QED) is 0.927. The molecule has 2 aromatic carbocycles. The smallest absolute Gasteiger partial charge is 0.226 e. The summed E-state index contributed by atoms with van der Waals surface area (Å²) in [6.07, 6.45) is 0.0908. The average molecular weight is 344 g/mol. The number of halogens is 2. The fraction of sp³-hybridized carbons (Fsp3) is 0.263. The molecule has 0 aromatic heterocycles. The largest absolute Gasteiger partial charge is 0.352 e. The van der Waals surface area contributed by atoms with Crippen LogP contribution in [-0.4, -0.2) is 23.8 Å². The molecule has 0 saturated carbocycles. The van der Waals surface area contributed by atoms with Gasteiger partial charge in [0, 0.05) is 20.0 Å². The Morgan fingerprint density at radius 1 is 1.16 bits per heavy atom. The minimum Gasteiger partial charge on any atom is -0.352 e. The Morgan fingerprint density at radius 3 is 2.56 bits per heavy atom. The molecule has 6 heteroatoms. The molecule has 0 aliphatic carbocycles. The van der Waals surface area contributed by atoms with E-state index in [1.54, 1.807) is 31.3 Å². The Morgan fingerprint density at radius 2 is 1.88 bits per heavy atom. The van der Waals surface area contributed by atoms with Crippen molar-refractivity contribution in [1.29, 1.82) is 0 Å². The topological polar surface area (TPSA) is 49.4 Å². The molecule has 130 valence electrons. The predicted molar refractivity (Wildman–Crippen MR) is 88.3 cm³/mol. The van der Waals surface area contributed by atoms with Crippen LogP contribution >= 0.6 is 0 Å². The third kappa shape index (κ3) is 3.68. The maximum Gasteiger partial charge on any atom is 0.226 e. The number of hydrogen-bond acceptors (Lipinski definition) is 2. The second kappa shape index (κ2) is 7.01. The van der Waals surface area contributed by atoms with Gasteiger partial charge in [0.25, 0.3) is 0 Å². The summed E-state index contributed by atoms with van der Waals surface area (Å²) < 4.78 is 26.4. The molecule has 4 nitrogen and oxygen atoms in total. The summed E-state index contributed by atoms with van der Waals surface area (Å²) in [6, 6.07) is 11.3. The van der Waals surface area contributed by atoms with E-state index in [0.717, 1.165) is 0 Å². The monoisotopic (exact) mass is 344 g/mol. The molecule has 1 heterocycles. The Labute approximate surface area is 144 Å². The highest BCUT2D eigenvalue weighted by molar-refractivity contribution is 5.90. The molecule has 2 amide bonds. The number of amides is 2. The molecule has 3 rings (SSSR count). The van der Waals surface area contributed by atoms with Crippen molar-refractivity contribution in [1.82, 2.24) is 10.2 Å². The second-order valence-electron chi connectivity index (χ2n) is 6.16. The van der Waals surface area contributed by atoms with Gasteiger partial charge in [0.15, 0.2) is 0 Å². The number of likely N-dealkylation sites (tertiary alicyclic amines) is 1. The van der Waals surface area contributed by atoms with E-state index in [4.69, 9.17) is 0 Å². The van der Waals surface area contributed by atoms with Crippen molar-refractivity contribution in [2.75, 3.05) is 7.05 Å². The van der Waals surface area contributed by atoms with Gasteiger partial charge in [-0.3, -0.25) is 9.59 Å². The Kier molecular flexibility index (Phi) is 4.79. The van der Waals surface area contributed by atoms with E-state index in [0.29, 0.717) is 11.1 Å². The SMILES string of the molecule is CN1C(=O)C[C@H](C(=O)NCc2cccc(F)c2)[C@@H]1c1ccc(F)cc1. The first-order chi connectivity index (χ1) is 12.0. The highest BCUT2D eigenvalue weighted by atomic mass is 19.1. The standard InChI is InChI=1S/C19H18F2N2O2/c1-23-17(24)10-16(18(23)13-5-7-14(20)8-6-13)19(25)22-11-12-3-2-4-15(21)9-12/h2-9,16,18H,10-11H2,1H3,(H,22,25)/t16-,18-/m0/s1. The van der Waals surface area contributed by atoms with Gasteiger partial charge in [0.1, 0.15) is 11.6 Å². The van der Waals surface area contributed by atoms with Crippen LogP contribution in [0, 0.1) is 17.6 Å². The van der Waals surface area contributed by atoms with E-state index >= 15 is 0 Å². The highest BCUT2D eigenvalue weighted by Gasteiger charge is 2.42. The van der Waals surface area contributed by atoms with E-state index in [9.17, 15) is 18.4 Å². The Balaban J connectivity index is 1.75. The van der Waals surface area contributed by atoms with E-state index < -0.39 is 12.0 Å². The Hall–Kier alpha value is -2.76. The first kappa shape index (κ1) is 17.1. The molecule has 2 aromatic rings. The van der Waals surface area contributed by atoms with Gasteiger partial charge in [0.05, 0.1) is 12.0 Å². The van der Waals surface area contributed by atoms with Crippen molar-refractivity contribution in [3.8, 4) is 0 Å². The highest BCUT2D eigenvalue weighted by Crippen LogP contribution is 2.37. The van der Waals surface area contributed by atoms with Crippen molar-refractivity contribution in [3.05, 3.63) is 71.3 Å². The average Bonchev–Trinajstić information content (AvgIpc) is 2.89. The fourth-order valence-corrected chi connectivity index (χ4v) is 3.19. The van der Waals surface area contributed by atoms with Crippen LogP contribution in [0.15, 0.2) is 48.5 Å². The lowest BCUT2D eigenvalue weighted by molar-refractivity contribution is -0.128. The summed E-state index contributed by atoms with van der Waals surface area (Å²) in [5.41, 5.74) is 1.35. The van der Waals surface area contributed by atoms with Crippen molar-refractivity contribution < 1.29 is 18.4 Å². The zero-order valence-corrected chi connectivity index (χ0v) is 13.7. The summed E-state index contributed by atoms with van der Waals surface area (Å²) >= 11 is 0. The summed E-state index contributed by atoms with van der Waals surface area (Å²) in [5, 5.41) is 2.76. The molecular formula is C19H18F2N2O2. The number of rotatable bonds is 4. The molecule has 2 atom stereocenters. The molecule has 1 N–H and O–H groups in total. The van der Waals surface area contributed by atoms with Crippen LogP contribution in [0.4, 0.5) is 8.78 Å². The molecule has 1 aliphatic rings. The van der Waals surface area contributed by atoms with E-state index in [1.807, 2.05) is 0 Å². The van der Waals surface area contributed by atoms with Gasteiger partial charge in [-0.15, -0.1) is 0 Å². The summed E-state index contributed by atoms with van der Waals surface area (Å²) in [4.78, 5) is 26.2. The molecule has 0 spiro atoms. The third-order valence-corrected chi connectivity index (χ3v) is 4.49. The van der Waals surface area contributed by atoms with Gasteiger partial charge in [-0.1, -0.05) is 24.3 Å². The molecule has 0 bridgehead atoms. The van der Waals surface area contributed by atoms with Gasteiger partial charge in [-0.25, -0.2) is 8.78 Å². The summed E-state index contributed by atoms with van der Waals surface area (Å²) in [6.45, 7) is 0.182. The Bertz CT molecular complexity index is 792. The molecule has 1 aliphatic heterocycles. The lowest BCUT2D eigenvalue weighted by Crippen LogP contribution is -2.34. The van der Waals surface area contributed by atoms with Crippen LogP contribution in [0.2, 0.25) is 0 Å².